The number of hydrogen-bond donors (Lipinski definition) is 2. The summed E-state index contributed by atoms with van der Waals surface area (Å²) >= 11 is 0. The van der Waals surface area contributed by atoms with Crippen molar-refractivity contribution in [1.29, 1.82) is 0 Å². The maximum absolute atomic E-state index is 5.77. The maximum Gasteiger partial charge on any atom is 0.193 e. The lowest BCUT2D eigenvalue weighted by Crippen LogP contribution is -2.24. The van der Waals surface area contributed by atoms with Gasteiger partial charge in [0.25, 0.3) is 0 Å². The Balaban J connectivity index is 2.69. The zero-order chi connectivity index (χ0) is 12.1. The zero-order valence-corrected chi connectivity index (χ0v) is 10.4. The number of nitrogens with zero attached hydrogens (tertiary/aromatic N) is 2. The van der Waals surface area contributed by atoms with E-state index < -0.39 is 0 Å². The molecule has 0 fully saturated rings. The SMILES string of the molecule is Cc1ccc(NC(N)=NCC(C)C)c(C)n1. The van der Waals surface area contributed by atoms with Crippen molar-refractivity contribution in [2.24, 2.45) is 16.6 Å². The summed E-state index contributed by atoms with van der Waals surface area (Å²) in [6, 6.07) is 3.92. The first-order valence-corrected chi connectivity index (χ1v) is 5.50. The number of guanidine groups is 1. The van der Waals surface area contributed by atoms with Crippen LogP contribution < -0.4 is 11.1 Å². The molecule has 0 aliphatic heterocycles. The van der Waals surface area contributed by atoms with Crippen molar-refractivity contribution in [2.75, 3.05) is 11.9 Å². The minimum absolute atomic E-state index is 0.447. The molecule has 1 aromatic rings. The highest BCUT2D eigenvalue weighted by molar-refractivity contribution is 5.92. The maximum atomic E-state index is 5.77. The number of aryl methyl sites for hydroxylation is 2. The lowest BCUT2D eigenvalue weighted by molar-refractivity contribution is 0.665. The Bertz CT molecular complexity index is 383. The van der Waals surface area contributed by atoms with Crippen LogP contribution in [0.5, 0.6) is 0 Å². The van der Waals surface area contributed by atoms with Gasteiger partial charge in [0.15, 0.2) is 5.96 Å². The Morgan fingerprint density at radius 2 is 2.12 bits per heavy atom. The molecule has 1 rings (SSSR count). The molecule has 0 amide bonds. The number of pyridine rings is 1. The molecule has 4 heteroatoms. The summed E-state index contributed by atoms with van der Waals surface area (Å²) in [5, 5.41) is 3.06. The second kappa shape index (κ2) is 5.49. The van der Waals surface area contributed by atoms with Crippen LogP contribution in [0.2, 0.25) is 0 Å². The van der Waals surface area contributed by atoms with Gasteiger partial charge < -0.3 is 11.1 Å². The van der Waals surface area contributed by atoms with Crippen LogP contribution in [0, 0.1) is 19.8 Å². The third-order valence-electron chi connectivity index (χ3n) is 2.11. The first kappa shape index (κ1) is 12.5. The monoisotopic (exact) mass is 220 g/mol. The predicted octanol–water partition coefficient (Wildman–Crippen LogP) is 2.08. The van der Waals surface area contributed by atoms with Gasteiger partial charge in [-0.05, 0) is 31.9 Å². The van der Waals surface area contributed by atoms with E-state index in [2.05, 4.69) is 29.1 Å². The topological polar surface area (TPSA) is 63.3 Å². The molecule has 0 radical (unpaired) electrons. The largest absolute Gasteiger partial charge is 0.370 e. The van der Waals surface area contributed by atoms with Crippen LogP contribution in [0.15, 0.2) is 17.1 Å². The molecule has 0 bridgehead atoms. The quantitative estimate of drug-likeness (QED) is 0.605. The van der Waals surface area contributed by atoms with Gasteiger partial charge in [0.1, 0.15) is 0 Å². The highest BCUT2D eigenvalue weighted by Crippen LogP contribution is 2.11. The van der Waals surface area contributed by atoms with Gasteiger partial charge in [-0.15, -0.1) is 0 Å². The highest BCUT2D eigenvalue weighted by Gasteiger charge is 2.01. The van der Waals surface area contributed by atoms with Gasteiger partial charge in [-0.2, -0.15) is 0 Å². The Morgan fingerprint density at radius 3 is 2.69 bits per heavy atom. The summed E-state index contributed by atoms with van der Waals surface area (Å²) < 4.78 is 0. The van der Waals surface area contributed by atoms with E-state index in [0.717, 1.165) is 23.6 Å². The molecule has 4 nitrogen and oxygen atoms in total. The first-order chi connectivity index (χ1) is 7.49. The van der Waals surface area contributed by atoms with E-state index in [4.69, 9.17) is 5.73 Å². The van der Waals surface area contributed by atoms with E-state index in [9.17, 15) is 0 Å². The van der Waals surface area contributed by atoms with Crippen molar-refractivity contribution < 1.29 is 0 Å². The molecule has 0 spiro atoms. The fourth-order valence-electron chi connectivity index (χ4n) is 1.28. The van der Waals surface area contributed by atoms with Crippen LogP contribution in [0.3, 0.4) is 0 Å². The number of nitrogens with two attached hydrogens (primary N) is 1. The second-order valence-electron chi connectivity index (χ2n) is 4.33. The van der Waals surface area contributed by atoms with E-state index in [-0.39, 0.29) is 0 Å². The van der Waals surface area contributed by atoms with Crippen molar-refractivity contribution in [3.8, 4) is 0 Å². The average Bonchev–Trinajstić information content (AvgIpc) is 2.19. The Hall–Kier alpha value is -1.58. The number of aromatic nitrogens is 1. The van der Waals surface area contributed by atoms with E-state index in [1.165, 1.54) is 0 Å². The molecule has 88 valence electrons. The molecule has 0 aromatic carbocycles. The average molecular weight is 220 g/mol. The van der Waals surface area contributed by atoms with Gasteiger partial charge in [0.2, 0.25) is 0 Å². The smallest absolute Gasteiger partial charge is 0.193 e. The fourth-order valence-corrected chi connectivity index (χ4v) is 1.28. The summed E-state index contributed by atoms with van der Waals surface area (Å²) in [7, 11) is 0. The number of nitrogens with one attached hydrogen (secondary N) is 1. The molecular formula is C12H20N4. The summed E-state index contributed by atoms with van der Waals surface area (Å²) in [4.78, 5) is 8.59. The molecule has 3 N–H and O–H groups in total. The Kier molecular flexibility index (Phi) is 4.28. The lowest BCUT2D eigenvalue weighted by atomic mass is 10.2. The molecule has 0 unspecified atom stereocenters. The molecule has 0 saturated carbocycles. The van der Waals surface area contributed by atoms with Gasteiger partial charge in [-0.25, -0.2) is 0 Å². The highest BCUT2D eigenvalue weighted by atomic mass is 15.1. The Morgan fingerprint density at radius 1 is 1.44 bits per heavy atom. The fraction of sp³-hybridized carbons (Fsp3) is 0.500. The summed E-state index contributed by atoms with van der Waals surface area (Å²) in [5.74, 6) is 0.958. The summed E-state index contributed by atoms with van der Waals surface area (Å²) in [6.07, 6.45) is 0. The van der Waals surface area contributed by atoms with E-state index in [0.29, 0.717) is 11.9 Å². The summed E-state index contributed by atoms with van der Waals surface area (Å²) in [6.45, 7) is 8.86. The van der Waals surface area contributed by atoms with E-state index in [1.807, 2.05) is 26.0 Å². The van der Waals surface area contributed by atoms with E-state index >= 15 is 0 Å². The van der Waals surface area contributed by atoms with Gasteiger partial charge >= 0.3 is 0 Å². The first-order valence-electron chi connectivity index (χ1n) is 5.50. The van der Waals surface area contributed by atoms with Crippen LogP contribution in [-0.2, 0) is 0 Å². The van der Waals surface area contributed by atoms with Gasteiger partial charge in [-0.3, -0.25) is 9.98 Å². The third-order valence-corrected chi connectivity index (χ3v) is 2.11. The minimum Gasteiger partial charge on any atom is -0.370 e. The van der Waals surface area contributed by atoms with E-state index in [1.54, 1.807) is 0 Å². The normalized spacial score (nSPS) is 11.9. The Labute approximate surface area is 97.0 Å². The number of hydrogen-bond acceptors (Lipinski definition) is 2. The molecule has 0 aliphatic carbocycles. The van der Waals surface area contributed by atoms with Crippen LogP contribution in [0.1, 0.15) is 25.2 Å². The second-order valence-corrected chi connectivity index (χ2v) is 4.33. The van der Waals surface area contributed by atoms with Gasteiger partial charge in [0, 0.05) is 12.2 Å². The van der Waals surface area contributed by atoms with Crippen molar-refractivity contribution in [2.45, 2.75) is 27.7 Å². The molecule has 1 heterocycles. The van der Waals surface area contributed by atoms with Crippen LogP contribution in [0.4, 0.5) is 5.69 Å². The number of aliphatic imine (C=N–C) groups is 1. The number of rotatable bonds is 3. The lowest BCUT2D eigenvalue weighted by Gasteiger charge is -2.09. The minimum atomic E-state index is 0.447. The molecule has 16 heavy (non-hydrogen) atoms. The number of anilines is 1. The van der Waals surface area contributed by atoms with Gasteiger partial charge in [-0.1, -0.05) is 13.8 Å². The van der Waals surface area contributed by atoms with Crippen LogP contribution in [0.25, 0.3) is 0 Å². The molecular weight excluding hydrogens is 200 g/mol. The summed E-state index contributed by atoms with van der Waals surface area (Å²) in [5.41, 5.74) is 8.62. The van der Waals surface area contributed by atoms with Crippen molar-refractivity contribution in [3.05, 3.63) is 23.5 Å². The molecule has 0 saturated heterocycles. The standard InChI is InChI=1S/C12H20N4/c1-8(2)7-14-12(13)16-11-6-5-9(3)15-10(11)4/h5-6,8H,7H2,1-4H3,(H3,13,14,16). The van der Waals surface area contributed by atoms with Crippen molar-refractivity contribution in [1.82, 2.24) is 4.98 Å². The van der Waals surface area contributed by atoms with Crippen LogP contribution >= 0.6 is 0 Å². The third kappa shape index (κ3) is 3.88. The molecule has 0 atom stereocenters. The predicted molar refractivity (Wildman–Crippen MR) is 68.7 cm³/mol. The molecule has 0 aliphatic rings. The van der Waals surface area contributed by atoms with Crippen LogP contribution in [-0.4, -0.2) is 17.5 Å². The molecule has 1 aromatic heterocycles. The zero-order valence-electron chi connectivity index (χ0n) is 10.4. The van der Waals surface area contributed by atoms with Crippen molar-refractivity contribution in [3.63, 3.8) is 0 Å². The van der Waals surface area contributed by atoms with Crippen molar-refractivity contribution >= 4 is 11.6 Å². The van der Waals surface area contributed by atoms with Gasteiger partial charge in [0.05, 0.1) is 11.4 Å².